The van der Waals surface area contributed by atoms with Gasteiger partial charge in [0.05, 0.1) is 6.61 Å². The zero-order chi connectivity index (χ0) is 15.6. The van der Waals surface area contributed by atoms with Gasteiger partial charge in [-0.3, -0.25) is 4.90 Å². The Morgan fingerprint density at radius 2 is 1.95 bits per heavy atom. The fraction of sp³-hybridized carbons (Fsp3) is 0.938. The number of amides is 2. The Labute approximate surface area is 129 Å². The minimum absolute atomic E-state index is 0.150. The summed E-state index contributed by atoms with van der Waals surface area (Å²) < 4.78 is 5.42. The van der Waals surface area contributed by atoms with Gasteiger partial charge in [-0.2, -0.15) is 0 Å². The summed E-state index contributed by atoms with van der Waals surface area (Å²) in [5.74, 6) is 0. The SMILES string of the molecule is COCC1CC2(CCN(C(=O)N(C)C)CC2)CN1C(C)C. The van der Waals surface area contributed by atoms with E-state index < -0.39 is 0 Å². The zero-order valence-corrected chi connectivity index (χ0v) is 14.3. The van der Waals surface area contributed by atoms with Gasteiger partial charge in [-0.1, -0.05) is 0 Å². The molecule has 0 bridgehead atoms. The molecule has 5 nitrogen and oxygen atoms in total. The van der Waals surface area contributed by atoms with Gasteiger partial charge in [-0.25, -0.2) is 4.79 Å². The van der Waals surface area contributed by atoms with Gasteiger partial charge in [0, 0.05) is 52.9 Å². The van der Waals surface area contributed by atoms with Crippen LogP contribution in [0.1, 0.15) is 33.1 Å². The monoisotopic (exact) mass is 297 g/mol. The molecular weight excluding hydrogens is 266 g/mol. The number of hydrogen-bond donors (Lipinski definition) is 0. The van der Waals surface area contributed by atoms with E-state index in [1.165, 1.54) is 6.42 Å². The van der Waals surface area contributed by atoms with Crippen molar-refractivity contribution in [2.24, 2.45) is 5.41 Å². The largest absolute Gasteiger partial charge is 0.383 e. The molecule has 1 spiro atoms. The first-order valence-corrected chi connectivity index (χ1v) is 8.09. The van der Waals surface area contributed by atoms with Crippen molar-refractivity contribution in [1.82, 2.24) is 14.7 Å². The maximum Gasteiger partial charge on any atom is 0.319 e. The molecule has 2 amide bonds. The highest BCUT2D eigenvalue weighted by atomic mass is 16.5. The molecule has 122 valence electrons. The Hall–Kier alpha value is -0.810. The van der Waals surface area contributed by atoms with E-state index in [2.05, 4.69) is 18.7 Å². The summed E-state index contributed by atoms with van der Waals surface area (Å²) in [6.07, 6.45) is 3.45. The molecule has 5 heteroatoms. The van der Waals surface area contributed by atoms with Crippen LogP contribution in [0.5, 0.6) is 0 Å². The lowest BCUT2D eigenvalue weighted by Gasteiger charge is -2.40. The fourth-order valence-electron chi connectivity index (χ4n) is 3.97. The molecule has 0 aliphatic carbocycles. The van der Waals surface area contributed by atoms with Crippen molar-refractivity contribution in [2.45, 2.75) is 45.2 Å². The van der Waals surface area contributed by atoms with E-state index in [1.54, 1.807) is 12.0 Å². The molecule has 0 aromatic heterocycles. The normalized spacial score (nSPS) is 25.8. The maximum atomic E-state index is 12.1. The topological polar surface area (TPSA) is 36.0 Å². The predicted octanol–water partition coefficient (Wildman–Crippen LogP) is 1.88. The van der Waals surface area contributed by atoms with Crippen molar-refractivity contribution in [1.29, 1.82) is 0 Å². The lowest BCUT2D eigenvalue weighted by Crippen LogP contribution is -2.47. The standard InChI is InChI=1S/C16H31N3O2/c1-13(2)19-12-16(10-14(19)11-21-5)6-8-18(9-7-16)15(20)17(3)4/h13-14H,6-12H2,1-5H3. The van der Waals surface area contributed by atoms with Crippen LogP contribution >= 0.6 is 0 Å². The van der Waals surface area contributed by atoms with Crippen LogP contribution in [0.25, 0.3) is 0 Å². The highest BCUT2D eigenvalue weighted by Gasteiger charge is 2.46. The van der Waals surface area contributed by atoms with Crippen molar-refractivity contribution in [2.75, 3.05) is 47.4 Å². The number of urea groups is 1. The summed E-state index contributed by atoms with van der Waals surface area (Å²) in [5.41, 5.74) is 0.385. The summed E-state index contributed by atoms with van der Waals surface area (Å²) in [6.45, 7) is 8.30. The third-order valence-electron chi connectivity index (χ3n) is 5.16. The summed E-state index contributed by atoms with van der Waals surface area (Å²) >= 11 is 0. The molecule has 2 saturated heterocycles. The Kier molecular flexibility index (Phi) is 5.15. The summed E-state index contributed by atoms with van der Waals surface area (Å²) in [6, 6.07) is 1.24. The molecule has 0 aromatic rings. The van der Waals surface area contributed by atoms with Crippen molar-refractivity contribution in [3.8, 4) is 0 Å². The smallest absolute Gasteiger partial charge is 0.319 e. The molecular formula is C16H31N3O2. The second-order valence-corrected chi connectivity index (χ2v) is 7.24. The minimum Gasteiger partial charge on any atom is -0.383 e. The van der Waals surface area contributed by atoms with Gasteiger partial charge in [-0.15, -0.1) is 0 Å². The van der Waals surface area contributed by atoms with Crippen LogP contribution in [0.3, 0.4) is 0 Å². The number of hydrogen-bond acceptors (Lipinski definition) is 3. The first kappa shape index (κ1) is 16.6. The van der Waals surface area contributed by atoms with Gasteiger partial charge in [0.2, 0.25) is 0 Å². The summed E-state index contributed by atoms with van der Waals surface area (Å²) in [7, 11) is 5.45. The van der Waals surface area contributed by atoms with Gasteiger partial charge >= 0.3 is 6.03 Å². The number of carbonyl (C=O) groups excluding carboxylic acids is 1. The van der Waals surface area contributed by atoms with E-state index in [9.17, 15) is 4.79 Å². The molecule has 0 radical (unpaired) electrons. The highest BCUT2D eigenvalue weighted by Crippen LogP contribution is 2.44. The third kappa shape index (κ3) is 3.51. The van der Waals surface area contributed by atoms with Gasteiger partial charge in [0.25, 0.3) is 0 Å². The van der Waals surface area contributed by atoms with E-state index in [0.717, 1.165) is 39.1 Å². The van der Waals surface area contributed by atoms with Crippen LogP contribution in [0.2, 0.25) is 0 Å². The summed E-state index contributed by atoms with van der Waals surface area (Å²) in [4.78, 5) is 18.3. The summed E-state index contributed by atoms with van der Waals surface area (Å²) in [5, 5.41) is 0. The van der Waals surface area contributed by atoms with Crippen LogP contribution in [-0.2, 0) is 4.74 Å². The van der Waals surface area contributed by atoms with E-state index in [-0.39, 0.29) is 6.03 Å². The van der Waals surface area contributed by atoms with Crippen LogP contribution in [0, 0.1) is 5.41 Å². The van der Waals surface area contributed by atoms with Crippen LogP contribution in [0.4, 0.5) is 4.79 Å². The number of nitrogens with zero attached hydrogens (tertiary/aromatic N) is 3. The average molecular weight is 297 g/mol. The van der Waals surface area contributed by atoms with Crippen LogP contribution in [0.15, 0.2) is 0 Å². The number of piperidine rings is 1. The molecule has 2 heterocycles. The Morgan fingerprint density at radius 1 is 1.33 bits per heavy atom. The molecule has 0 N–H and O–H groups in total. The number of carbonyl (C=O) groups is 1. The molecule has 2 rings (SSSR count). The quantitative estimate of drug-likeness (QED) is 0.798. The average Bonchev–Trinajstić information content (AvgIpc) is 2.78. The predicted molar refractivity (Wildman–Crippen MR) is 84.4 cm³/mol. The van der Waals surface area contributed by atoms with E-state index in [4.69, 9.17) is 4.74 Å². The molecule has 21 heavy (non-hydrogen) atoms. The van der Waals surface area contributed by atoms with Crippen molar-refractivity contribution in [3.05, 3.63) is 0 Å². The Bertz CT molecular complexity index is 363. The first-order chi connectivity index (χ1) is 9.88. The van der Waals surface area contributed by atoms with Crippen LogP contribution in [-0.4, -0.2) is 80.3 Å². The second kappa shape index (κ2) is 6.53. The fourth-order valence-corrected chi connectivity index (χ4v) is 3.97. The van der Waals surface area contributed by atoms with Crippen molar-refractivity contribution < 1.29 is 9.53 Å². The number of methoxy groups -OCH3 is 1. The van der Waals surface area contributed by atoms with Gasteiger partial charge in [0.1, 0.15) is 0 Å². The molecule has 1 unspecified atom stereocenters. The molecule has 2 fully saturated rings. The van der Waals surface area contributed by atoms with Crippen LogP contribution < -0.4 is 0 Å². The van der Waals surface area contributed by atoms with E-state index in [0.29, 0.717) is 17.5 Å². The Balaban J connectivity index is 1.98. The van der Waals surface area contributed by atoms with Crippen molar-refractivity contribution >= 4 is 6.03 Å². The first-order valence-electron chi connectivity index (χ1n) is 8.09. The number of ether oxygens (including phenoxy) is 1. The number of rotatable bonds is 3. The van der Waals surface area contributed by atoms with Gasteiger partial charge in [-0.05, 0) is 38.5 Å². The third-order valence-corrected chi connectivity index (χ3v) is 5.16. The molecule has 1 atom stereocenters. The Morgan fingerprint density at radius 3 is 2.43 bits per heavy atom. The van der Waals surface area contributed by atoms with Gasteiger partial charge in [0.15, 0.2) is 0 Å². The number of likely N-dealkylation sites (tertiary alicyclic amines) is 2. The second-order valence-electron chi connectivity index (χ2n) is 7.24. The van der Waals surface area contributed by atoms with E-state index >= 15 is 0 Å². The lowest BCUT2D eigenvalue weighted by molar-refractivity contribution is 0.0938. The molecule has 0 aromatic carbocycles. The minimum atomic E-state index is 0.150. The molecule has 0 saturated carbocycles. The van der Waals surface area contributed by atoms with Crippen molar-refractivity contribution in [3.63, 3.8) is 0 Å². The van der Waals surface area contributed by atoms with Gasteiger partial charge < -0.3 is 14.5 Å². The maximum absolute atomic E-state index is 12.1. The lowest BCUT2D eigenvalue weighted by atomic mass is 9.76. The van der Waals surface area contributed by atoms with E-state index in [1.807, 2.05) is 19.0 Å². The highest BCUT2D eigenvalue weighted by molar-refractivity contribution is 5.73. The molecule has 2 aliphatic rings. The zero-order valence-electron chi connectivity index (χ0n) is 14.3. The molecule has 2 aliphatic heterocycles.